The molecule has 6 nitrogen and oxygen atoms in total. The maximum absolute atomic E-state index is 11.4. The second-order valence-corrected chi connectivity index (χ2v) is 3.76. The van der Waals surface area contributed by atoms with Crippen molar-refractivity contribution in [2.45, 2.75) is 0 Å². The number of ether oxygens (including phenoxy) is 1. The zero-order valence-electron chi connectivity index (χ0n) is 10.1. The highest BCUT2D eigenvalue weighted by atomic mass is 16.6. The molecule has 2 aromatic rings. The van der Waals surface area contributed by atoms with E-state index in [0.717, 1.165) is 0 Å². The number of methoxy groups -OCH3 is 1. The van der Waals surface area contributed by atoms with E-state index in [9.17, 15) is 14.9 Å². The van der Waals surface area contributed by atoms with Gasteiger partial charge in [-0.3, -0.25) is 15.1 Å². The summed E-state index contributed by atoms with van der Waals surface area (Å²) in [5, 5.41) is 10.7. The van der Waals surface area contributed by atoms with Crippen molar-refractivity contribution in [1.82, 2.24) is 4.98 Å². The lowest BCUT2D eigenvalue weighted by Gasteiger charge is -2.03. The van der Waals surface area contributed by atoms with Crippen LogP contribution in [0, 0.1) is 10.1 Å². The van der Waals surface area contributed by atoms with Crippen molar-refractivity contribution in [2.75, 3.05) is 7.11 Å². The number of carbonyl (C=O) groups is 1. The van der Waals surface area contributed by atoms with Crippen molar-refractivity contribution in [3.8, 4) is 11.1 Å². The third-order valence-electron chi connectivity index (χ3n) is 2.55. The lowest BCUT2D eigenvalue weighted by Crippen LogP contribution is -2.01. The molecular formula is C13H10N2O4. The lowest BCUT2D eigenvalue weighted by atomic mass is 10.1. The number of rotatable bonds is 3. The lowest BCUT2D eigenvalue weighted by molar-refractivity contribution is -0.384. The van der Waals surface area contributed by atoms with Gasteiger partial charge in [0.2, 0.25) is 0 Å². The highest BCUT2D eigenvalue weighted by molar-refractivity contribution is 5.90. The van der Waals surface area contributed by atoms with Crippen molar-refractivity contribution in [2.24, 2.45) is 0 Å². The van der Waals surface area contributed by atoms with E-state index in [4.69, 9.17) is 0 Å². The molecule has 19 heavy (non-hydrogen) atoms. The minimum absolute atomic E-state index is 0.0130. The van der Waals surface area contributed by atoms with Crippen molar-refractivity contribution in [3.63, 3.8) is 0 Å². The molecule has 0 radical (unpaired) electrons. The Morgan fingerprint density at radius 1 is 1.26 bits per heavy atom. The van der Waals surface area contributed by atoms with Gasteiger partial charge in [-0.2, -0.15) is 0 Å². The number of non-ortho nitro benzene ring substituents is 1. The molecule has 0 spiro atoms. The summed E-state index contributed by atoms with van der Waals surface area (Å²) in [6, 6.07) is 7.71. The van der Waals surface area contributed by atoms with Gasteiger partial charge in [-0.05, 0) is 11.6 Å². The maximum Gasteiger partial charge on any atom is 0.339 e. The highest BCUT2D eigenvalue weighted by Crippen LogP contribution is 2.23. The Bertz CT molecular complexity index is 640. The van der Waals surface area contributed by atoms with Crippen LogP contribution in [0.25, 0.3) is 11.1 Å². The molecule has 0 atom stereocenters. The van der Waals surface area contributed by atoms with Gasteiger partial charge >= 0.3 is 5.97 Å². The van der Waals surface area contributed by atoms with E-state index < -0.39 is 10.9 Å². The zero-order valence-corrected chi connectivity index (χ0v) is 10.1. The second kappa shape index (κ2) is 5.26. The van der Waals surface area contributed by atoms with Gasteiger partial charge in [-0.15, -0.1) is 0 Å². The molecule has 0 unspecified atom stereocenters. The van der Waals surface area contributed by atoms with Gasteiger partial charge in [-0.25, -0.2) is 4.79 Å². The minimum Gasteiger partial charge on any atom is -0.465 e. The first kappa shape index (κ1) is 12.7. The number of nitro benzene ring substituents is 1. The Hall–Kier alpha value is -2.76. The van der Waals surface area contributed by atoms with Crippen LogP contribution < -0.4 is 0 Å². The Morgan fingerprint density at radius 2 is 2.05 bits per heavy atom. The van der Waals surface area contributed by atoms with Crippen LogP contribution in [0.15, 0.2) is 42.7 Å². The molecule has 0 aliphatic rings. The fraction of sp³-hybridized carbons (Fsp3) is 0.0769. The zero-order chi connectivity index (χ0) is 13.8. The largest absolute Gasteiger partial charge is 0.465 e. The minimum atomic E-state index is -0.500. The van der Waals surface area contributed by atoms with Crippen LogP contribution in [-0.2, 0) is 4.74 Å². The molecule has 1 heterocycles. The number of nitrogens with zero attached hydrogens (tertiary/aromatic N) is 2. The molecule has 2 rings (SSSR count). The monoisotopic (exact) mass is 258 g/mol. The van der Waals surface area contributed by atoms with Crippen molar-refractivity contribution < 1.29 is 14.5 Å². The van der Waals surface area contributed by atoms with Gasteiger partial charge in [0.25, 0.3) is 5.69 Å². The quantitative estimate of drug-likeness (QED) is 0.479. The van der Waals surface area contributed by atoms with Gasteiger partial charge in [0.1, 0.15) is 0 Å². The Morgan fingerprint density at radius 3 is 2.74 bits per heavy atom. The Balaban J connectivity index is 2.44. The van der Waals surface area contributed by atoms with Crippen molar-refractivity contribution >= 4 is 11.7 Å². The number of esters is 1. The summed E-state index contributed by atoms with van der Waals surface area (Å²) in [4.78, 5) is 25.6. The number of hydrogen-bond donors (Lipinski definition) is 0. The number of aromatic nitrogens is 1. The van der Waals surface area contributed by atoms with Crippen LogP contribution in [0.5, 0.6) is 0 Å². The molecule has 0 saturated heterocycles. The molecule has 1 aromatic carbocycles. The van der Waals surface area contributed by atoms with E-state index in [-0.39, 0.29) is 5.69 Å². The smallest absolute Gasteiger partial charge is 0.339 e. The van der Waals surface area contributed by atoms with Crippen molar-refractivity contribution in [3.05, 3.63) is 58.4 Å². The van der Waals surface area contributed by atoms with Gasteiger partial charge in [0.05, 0.1) is 17.6 Å². The Kier molecular flexibility index (Phi) is 3.51. The Labute approximate surface area is 108 Å². The molecule has 96 valence electrons. The number of benzene rings is 1. The predicted octanol–water partition coefficient (Wildman–Crippen LogP) is 2.44. The standard InChI is InChI=1S/C13H10N2O4/c1-19-13(16)11-5-10(7-14-8-11)9-3-2-4-12(6-9)15(17)18/h2-8H,1H3. The van der Waals surface area contributed by atoms with E-state index in [1.807, 2.05) is 0 Å². The van der Waals surface area contributed by atoms with Crippen LogP contribution in [-0.4, -0.2) is 23.0 Å². The fourth-order valence-electron chi connectivity index (χ4n) is 1.63. The second-order valence-electron chi connectivity index (χ2n) is 3.76. The van der Waals surface area contributed by atoms with Crippen LogP contribution in [0.2, 0.25) is 0 Å². The van der Waals surface area contributed by atoms with Crippen LogP contribution in [0.1, 0.15) is 10.4 Å². The first-order valence-electron chi connectivity index (χ1n) is 5.40. The number of nitro groups is 1. The highest BCUT2D eigenvalue weighted by Gasteiger charge is 2.10. The number of carbonyl (C=O) groups excluding carboxylic acids is 1. The van der Waals surface area contributed by atoms with E-state index in [0.29, 0.717) is 16.7 Å². The molecule has 0 aliphatic carbocycles. The van der Waals surface area contributed by atoms with Crippen molar-refractivity contribution in [1.29, 1.82) is 0 Å². The third kappa shape index (κ3) is 2.74. The van der Waals surface area contributed by atoms with Gasteiger partial charge in [0, 0.05) is 30.1 Å². The molecule has 0 fully saturated rings. The first-order chi connectivity index (χ1) is 9.11. The topological polar surface area (TPSA) is 82.3 Å². The fourth-order valence-corrected chi connectivity index (χ4v) is 1.63. The molecule has 1 aromatic heterocycles. The average Bonchev–Trinajstić information content (AvgIpc) is 2.46. The molecule has 6 heteroatoms. The summed E-state index contributed by atoms with van der Waals surface area (Å²) < 4.78 is 4.60. The normalized spacial score (nSPS) is 9.95. The molecule has 0 amide bonds. The van der Waals surface area contributed by atoms with Crippen LogP contribution in [0.3, 0.4) is 0 Å². The van der Waals surface area contributed by atoms with E-state index >= 15 is 0 Å². The summed E-state index contributed by atoms with van der Waals surface area (Å²) in [6.45, 7) is 0. The van der Waals surface area contributed by atoms with Crippen LogP contribution in [0.4, 0.5) is 5.69 Å². The SMILES string of the molecule is COC(=O)c1cncc(-c2cccc([N+](=O)[O-])c2)c1. The third-order valence-corrected chi connectivity index (χ3v) is 2.55. The summed E-state index contributed by atoms with van der Waals surface area (Å²) in [7, 11) is 1.28. The average molecular weight is 258 g/mol. The first-order valence-corrected chi connectivity index (χ1v) is 5.40. The summed E-state index contributed by atoms with van der Waals surface area (Å²) in [6.07, 6.45) is 2.91. The molecule has 0 N–H and O–H groups in total. The molecule has 0 bridgehead atoms. The summed E-state index contributed by atoms with van der Waals surface area (Å²) in [5.74, 6) is -0.500. The van der Waals surface area contributed by atoms with Gasteiger partial charge in [0.15, 0.2) is 0 Å². The van der Waals surface area contributed by atoms with Gasteiger partial charge in [-0.1, -0.05) is 12.1 Å². The van der Waals surface area contributed by atoms with Crippen LogP contribution >= 0.6 is 0 Å². The van der Waals surface area contributed by atoms with E-state index in [1.54, 1.807) is 18.2 Å². The van der Waals surface area contributed by atoms with Gasteiger partial charge < -0.3 is 4.74 Å². The number of pyridine rings is 1. The molecular weight excluding hydrogens is 248 g/mol. The summed E-state index contributed by atoms with van der Waals surface area (Å²) in [5.41, 5.74) is 1.52. The number of hydrogen-bond acceptors (Lipinski definition) is 5. The maximum atomic E-state index is 11.4. The summed E-state index contributed by atoms with van der Waals surface area (Å²) >= 11 is 0. The molecule has 0 saturated carbocycles. The van der Waals surface area contributed by atoms with E-state index in [2.05, 4.69) is 9.72 Å². The van der Waals surface area contributed by atoms with E-state index in [1.165, 1.54) is 31.6 Å². The molecule has 0 aliphatic heterocycles. The predicted molar refractivity (Wildman–Crippen MR) is 67.7 cm³/mol.